The van der Waals surface area contributed by atoms with E-state index < -0.39 is 17.0 Å². The van der Waals surface area contributed by atoms with E-state index in [4.69, 9.17) is 39.2 Å². The summed E-state index contributed by atoms with van der Waals surface area (Å²) in [4.78, 5) is 26.1. The highest BCUT2D eigenvalue weighted by Crippen LogP contribution is 2.36. The summed E-state index contributed by atoms with van der Waals surface area (Å²) in [5, 5.41) is 0.588. The minimum atomic E-state index is -0.584. The van der Waals surface area contributed by atoms with Crippen LogP contribution in [0, 0.1) is 5.82 Å². The fraction of sp³-hybridized carbons (Fsp3) is 0.0476. The molecule has 1 saturated heterocycles. The third-order valence-corrected chi connectivity index (χ3v) is 6.17. The molecule has 2 amide bonds. The van der Waals surface area contributed by atoms with Crippen molar-refractivity contribution in [2.45, 2.75) is 6.54 Å². The molecule has 0 atom stereocenters. The number of carbonyl (C=O) groups excluding carboxylic acids is 2. The third kappa shape index (κ3) is 4.14. The predicted octanol–water partition coefficient (Wildman–Crippen LogP) is 7.28. The van der Waals surface area contributed by atoms with Crippen molar-refractivity contribution in [2.24, 2.45) is 0 Å². The van der Waals surface area contributed by atoms with Gasteiger partial charge in [0.1, 0.15) is 17.3 Å². The van der Waals surface area contributed by atoms with Gasteiger partial charge in [-0.3, -0.25) is 14.5 Å². The highest BCUT2D eigenvalue weighted by Gasteiger charge is 2.36. The molecule has 9 heteroatoms. The van der Waals surface area contributed by atoms with Gasteiger partial charge in [0.25, 0.3) is 11.1 Å². The summed E-state index contributed by atoms with van der Waals surface area (Å²) in [6.45, 7) is -0.255. The Hall–Kier alpha value is -2.25. The number of hydrogen-bond acceptors (Lipinski definition) is 4. The molecular formula is C21H11Cl3FNO3S. The highest BCUT2D eigenvalue weighted by atomic mass is 35.5. The smallest absolute Gasteiger partial charge is 0.293 e. The zero-order valence-corrected chi connectivity index (χ0v) is 18.1. The first-order valence-electron chi connectivity index (χ1n) is 8.57. The average molecular weight is 483 g/mol. The fourth-order valence-corrected chi connectivity index (χ4v) is 4.29. The molecule has 1 aliphatic heterocycles. The second-order valence-corrected chi connectivity index (χ2v) is 8.54. The van der Waals surface area contributed by atoms with Crippen molar-refractivity contribution in [2.75, 3.05) is 0 Å². The minimum absolute atomic E-state index is 0.0820. The Bertz CT molecular complexity index is 1190. The van der Waals surface area contributed by atoms with Crippen LogP contribution in [0.1, 0.15) is 11.3 Å². The Morgan fingerprint density at radius 2 is 1.83 bits per heavy atom. The molecule has 3 aromatic rings. The van der Waals surface area contributed by atoms with Crippen LogP contribution in [0.3, 0.4) is 0 Å². The molecule has 1 aromatic heterocycles. The van der Waals surface area contributed by atoms with Crippen LogP contribution in [0.4, 0.5) is 9.18 Å². The van der Waals surface area contributed by atoms with Crippen molar-refractivity contribution >= 4 is 63.8 Å². The first-order chi connectivity index (χ1) is 14.3. The molecule has 0 unspecified atom stereocenters. The first kappa shape index (κ1) is 21.0. The van der Waals surface area contributed by atoms with E-state index >= 15 is 0 Å². The lowest BCUT2D eigenvalue weighted by Gasteiger charge is -2.14. The van der Waals surface area contributed by atoms with Crippen molar-refractivity contribution < 1.29 is 18.4 Å². The van der Waals surface area contributed by atoms with E-state index in [-0.39, 0.29) is 22.0 Å². The molecule has 1 fully saturated rings. The van der Waals surface area contributed by atoms with Gasteiger partial charge in [-0.2, -0.15) is 0 Å². The zero-order chi connectivity index (χ0) is 21.4. The summed E-state index contributed by atoms with van der Waals surface area (Å²) in [7, 11) is 0. The second-order valence-electron chi connectivity index (χ2n) is 6.29. The van der Waals surface area contributed by atoms with E-state index in [0.29, 0.717) is 27.1 Å². The number of nitrogens with zero attached hydrogens (tertiary/aromatic N) is 1. The normalized spacial score (nSPS) is 15.5. The van der Waals surface area contributed by atoms with Crippen molar-refractivity contribution in [1.82, 2.24) is 4.90 Å². The summed E-state index contributed by atoms with van der Waals surface area (Å²) in [5.74, 6) is -0.316. The maximum Gasteiger partial charge on any atom is 0.293 e. The second kappa shape index (κ2) is 8.47. The van der Waals surface area contributed by atoms with Crippen LogP contribution >= 0.6 is 46.6 Å². The number of hydrogen-bond donors (Lipinski definition) is 0. The molecule has 4 nitrogen and oxygen atoms in total. The molecular weight excluding hydrogens is 472 g/mol. The lowest BCUT2D eigenvalue weighted by atomic mass is 10.2. The van der Waals surface area contributed by atoms with Crippen molar-refractivity contribution in [3.8, 4) is 11.3 Å². The summed E-state index contributed by atoms with van der Waals surface area (Å²) < 4.78 is 19.8. The molecule has 2 heterocycles. The molecule has 4 rings (SSSR count). The largest absolute Gasteiger partial charge is 0.457 e. The van der Waals surface area contributed by atoms with E-state index in [1.807, 2.05) is 0 Å². The number of furan rings is 1. The molecule has 0 bridgehead atoms. The van der Waals surface area contributed by atoms with Crippen LogP contribution in [-0.4, -0.2) is 16.0 Å². The number of benzene rings is 2. The lowest BCUT2D eigenvalue weighted by Crippen LogP contribution is -2.28. The standard InChI is InChI=1S/C21H11Cl3FNO3S/c22-11-4-6-16(24)13(8-11)18-7-5-12(29-18)9-19-20(27)26(21(28)30-19)10-14-15(23)2-1-3-17(14)25/h1-9H,10H2/b19-9-. The van der Waals surface area contributed by atoms with Gasteiger partial charge < -0.3 is 4.42 Å². The Morgan fingerprint density at radius 3 is 2.60 bits per heavy atom. The van der Waals surface area contributed by atoms with Gasteiger partial charge in [0, 0.05) is 27.2 Å². The van der Waals surface area contributed by atoms with Gasteiger partial charge in [-0.1, -0.05) is 40.9 Å². The fourth-order valence-electron chi connectivity index (χ4n) is 2.87. The first-order valence-corrected chi connectivity index (χ1v) is 10.5. The van der Waals surface area contributed by atoms with E-state index in [1.54, 1.807) is 30.3 Å². The maximum absolute atomic E-state index is 14.0. The summed E-state index contributed by atoms with van der Waals surface area (Å²) >= 11 is 19.0. The van der Waals surface area contributed by atoms with E-state index in [2.05, 4.69) is 0 Å². The molecule has 0 aliphatic carbocycles. The number of imide groups is 1. The number of rotatable bonds is 4. The van der Waals surface area contributed by atoms with Crippen molar-refractivity contribution in [1.29, 1.82) is 0 Å². The van der Waals surface area contributed by atoms with Crippen LogP contribution < -0.4 is 0 Å². The maximum atomic E-state index is 14.0. The lowest BCUT2D eigenvalue weighted by molar-refractivity contribution is -0.123. The van der Waals surface area contributed by atoms with E-state index in [1.165, 1.54) is 24.3 Å². The quantitative estimate of drug-likeness (QED) is 0.367. The Labute approximate surface area is 190 Å². The monoisotopic (exact) mass is 481 g/mol. The molecule has 0 radical (unpaired) electrons. The van der Waals surface area contributed by atoms with Gasteiger partial charge in [-0.25, -0.2) is 4.39 Å². The van der Waals surface area contributed by atoms with Crippen LogP contribution in [0.25, 0.3) is 17.4 Å². The van der Waals surface area contributed by atoms with Crippen molar-refractivity contribution in [3.63, 3.8) is 0 Å². The van der Waals surface area contributed by atoms with E-state index in [9.17, 15) is 14.0 Å². The van der Waals surface area contributed by atoms with Gasteiger partial charge in [-0.05, 0) is 54.2 Å². The van der Waals surface area contributed by atoms with Crippen LogP contribution in [0.15, 0.2) is 57.9 Å². The topological polar surface area (TPSA) is 50.5 Å². The third-order valence-electron chi connectivity index (χ3n) is 4.35. The molecule has 2 aromatic carbocycles. The molecule has 1 aliphatic rings. The van der Waals surface area contributed by atoms with Gasteiger partial charge >= 0.3 is 0 Å². The molecule has 152 valence electrons. The molecule has 0 saturated carbocycles. The summed E-state index contributed by atoms with van der Waals surface area (Å²) in [6.07, 6.45) is 1.45. The highest BCUT2D eigenvalue weighted by molar-refractivity contribution is 8.18. The number of thioether (sulfide) groups is 1. The molecule has 30 heavy (non-hydrogen) atoms. The predicted molar refractivity (Wildman–Crippen MR) is 117 cm³/mol. The van der Waals surface area contributed by atoms with Crippen LogP contribution in [-0.2, 0) is 11.3 Å². The number of carbonyl (C=O) groups is 2. The summed E-state index contributed by atoms with van der Waals surface area (Å²) in [6, 6.07) is 12.5. The zero-order valence-electron chi connectivity index (χ0n) is 15.0. The molecule has 0 spiro atoms. The summed E-state index contributed by atoms with van der Waals surface area (Å²) in [5.41, 5.74) is 0.685. The Morgan fingerprint density at radius 1 is 1.03 bits per heavy atom. The number of amides is 2. The Kier molecular flexibility index (Phi) is 5.93. The van der Waals surface area contributed by atoms with Crippen molar-refractivity contribution in [3.05, 3.63) is 85.6 Å². The van der Waals surface area contributed by atoms with Crippen LogP contribution in [0.5, 0.6) is 0 Å². The minimum Gasteiger partial charge on any atom is -0.457 e. The van der Waals surface area contributed by atoms with Gasteiger partial charge in [0.2, 0.25) is 0 Å². The SMILES string of the molecule is O=C1S/C(=C\c2ccc(-c3cc(Cl)ccc3Cl)o2)C(=O)N1Cc1c(F)cccc1Cl. The average Bonchev–Trinajstić information content (AvgIpc) is 3.26. The molecule has 0 N–H and O–H groups in total. The van der Waals surface area contributed by atoms with E-state index in [0.717, 1.165) is 16.7 Å². The van der Waals surface area contributed by atoms with Gasteiger partial charge in [0.05, 0.1) is 16.5 Å². The van der Waals surface area contributed by atoms with Gasteiger partial charge in [-0.15, -0.1) is 0 Å². The Balaban J connectivity index is 1.58. The van der Waals surface area contributed by atoms with Crippen LogP contribution in [0.2, 0.25) is 15.1 Å². The number of halogens is 4. The van der Waals surface area contributed by atoms with Gasteiger partial charge in [0.15, 0.2) is 0 Å².